The Kier molecular flexibility index (Phi) is 4.77. The number of hydrogen-bond acceptors (Lipinski definition) is 3. The first-order chi connectivity index (χ1) is 11.3. The average Bonchev–Trinajstić information content (AvgIpc) is 2.91. The van der Waals surface area contributed by atoms with Gasteiger partial charge >= 0.3 is 5.97 Å². The Morgan fingerprint density at radius 1 is 1.09 bits per heavy atom. The number of carbonyl (C=O) groups is 1. The third kappa shape index (κ3) is 3.02. The van der Waals surface area contributed by atoms with Gasteiger partial charge in [-0.15, -0.1) is 0 Å². The first kappa shape index (κ1) is 15.8. The molecule has 0 aliphatic heterocycles. The van der Waals surface area contributed by atoms with E-state index in [1.165, 1.54) is 43.1 Å². The first-order valence-corrected chi connectivity index (χ1v) is 8.31. The van der Waals surface area contributed by atoms with Crippen LogP contribution in [0, 0.1) is 0 Å². The number of fused-ring (bicyclic) bond motifs is 3. The van der Waals surface area contributed by atoms with Crippen molar-refractivity contribution in [3.63, 3.8) is 0 Å². The lowest BCUT2D eigenvalue weighted by molar-refractivity contribution is 0.0601. The third-order valence-corrected chi connectivity index (χ3v) is 4.48. The second kappa shape index (κ2) is 6.97. The number of nitrogens with one attached hydrogen (secondary N) is 1. The molecule has 0 fully saturated rings. The fraction of sp³-hybridized carbons (Fsp3) is 0.350. The standard InChI is InChI=1S/C20H23NO2/c1-3-4-7-12-21-19-16-9-6-5-8-15(16)18-13-14(20(22)23-2)10-11-17(18)19/h5-6,8-11,13,19,21H,3-4,7,12H2,1-2H3. The summed E-state index contributed by atoms with van der Waals surface area (Å²) in [6.45, 7) is 3.22. The quantitative estimate of drug-likeness (QED) is 0.638. The minimum Gasteiger partial charge on any atom is -0.465 e. The zero-order valence-electron chi connectivity index (χ0n) is 13.8. The SMILES string of the molecule is CCCCCNC1c2ccccc2-c2cc(C(=O)OC)ccc21. The van der Waals surface area contributed by atoms with Crippen LogP contribution in [0.1, 0.15) is 53.7 Å². The highest BCUT2D eigenvalue weighted by Crippen LogP contribution is 2.43. The van der Waals surface area contributed by atoms with Crippen LogP contribution < -0.4 is 5.32 Å². The molecule has 3 nitrogen and oxygen atoms in total. The van der Waals surface area contributed by atoms with Crippen LogP contribution >= 0.6 is 0 Å². The molecule has 2 aromatic carbocycles. The third-order valence-electron chi connectivity index (χ3n) is 4.48. The maximum atomic E-state index is 11.8. The highest BCUT2D eigenvalue weighted by Gasteiger charge is 2.28. The van der Waals surface area contributed by atoms with Crippen LogP contribution in [0.5, 0.6) is 0 Å². The molecule has 0 bridgehead atoms. The molecule has 1 atom stereocenters. The number of benzene rings is 2. The number of carbonyl (C=O) groups excluding carboxylic acids is 1. The van der Waals surface area contributed by atoms with E-state index >= 15 is 0 Å². The molecular formula is C20H23NO2. The molecule has 120 valence electrons. The van der Waals surface area contributed by atoms with Crippen molar-refractivity contribution in [3.05, 3.63) is 59.2 Å². The fourth-order valence-electron chi connectivity index (χ4n) is 3.29. The second-order valence-corrected chi connectivity index (χ2v) is 5.98. The molecule has 0 spiro atoms. The van der Waals surface area contributed by atoms with Gasteiger partial charge in [-0.3, -0.25) is 0 Å². The lowest BCUT2D eigenvalue weighted by Gasteiger charge is -2.16. The molecule has 1 unspecified atom stereocenters. The number of esters is 1. The summed E-state index contributed by atoms with van der Waals surface area (Å²) in [6, 6.07) is 14.5. The van der Waals surface area contributed by atoms with E-state index in [-0.39, 0.29) is 12.0 Å². The number of unbranched alkanes of at least 4 members (excludes halogenated alkanes) is 2. The summed E-state index contributed by atoms with van der Waals surface area (Å²) in [5, 5.41) is 3.68. The van der Waals surface area contributed by atoms with Crippen LogP contribution in [0.25, 0.3) is 11.1 Å². The van der Waals surface area contributed by atoms with Crippen LogP contribution in [0.15, 0.2) is 42.5 Å². The molecule has 3 rings (SSSR count). The van der Waals surface area contributed by atoms with Gasteiger partial charge in [0.15, 0.2) is 0 Å². The summed E-state index contributed by atoms with van der Waals surface area (Å²) >= 11 is 0. The summed E-state index contributed by atoms with van der Waals surface area (Å²) in [7, 11) is 1.42. The van der Waals surface area contributed by atoms with E-state index in [1.807, 2.05) is 18.2 Å². The summed E-state index contributed by atoms with van der Waals surface area (Å²) in [6.07, 6.45) is 3.66. The summed E-state index contributed by atoms with van der Waals surface area (Å²) in [5.74, 6) is -0.287. The highest BCUT2D eigenvalue weighted by molar-refractivity contribution is 5.92. The van der Waals surface area contributed by atoms with Crippen LogP contribution in [-0.4, -0.2) is 19.6 Å². The number of hydrogen-bond donors (Lipinski definition) is 1. The minimum absolute atomic E-state index is 0.213. The maximum Gasteiger partial charge on any atom is 0.337 e. The predicted molar refractivity (Wildman–Crippen MR) is 92.6 cm³/mol. The molecule has 0 saturated carbocycles. The summed E-state index contributed by atoms with van der Waals surface area (Å²) in [4.78, 5) is 11.8. The smallest absolute Gasteiger partial charge is 0.337 e. The molecule has 1 aliphatic carbocycles. The highest BCUT2D eigenvalue weighted by atomic mass is 16.5. The van der Waals surface area contributed by atoms with Crippen LogP contribution in [0.3, 0.4) is 0 Å². The monoisotopic (exact) mass is 309 g/mol. The van der Waals surface area contributed by atoms with Gasteiger partial charge < -0.3 is 10.1 Å². The molecule has 2 aromatic rings. The molecule has 3 heteroatoms. The zero-order chi connectivity index (χ0) is 16.2. The van der Waals surface area contributed by atoms with Crippen LogP contribution in [0.2, 0.25) is 0 Å². The Morgan fingerprint density at radius 2 is 1.87 bits per heavy atom. The molecule has 0 amide bonds. The van der Waals surface area contributed by atoms with E-state index in [0.29, 0.717) is 5.56 Å². The van der Waals surface area contributed by atoms with E-state index in [4.69, 9.17) is 4.74 Å². The Bertz CT molecular complexity index is 709. The lowest BCUT2D eigenvalue weighted by atomic mass is 10.0. The van der Waals surface area contributed by atoms with Gasteiger partial charge in [-0.05, 0) is 47.4 Å². The van der Waals surface area contributed by atoms with Crippen molar-refractivity contribution in [1.29, 1.82) is 0 Å². The zero-order valence-corrected chi connectivity index (χ0v) is 13.8. The summed E-state index contributed by atoms with van der Waals surface area (Å²) in [5.41, 5.74) is 5.49. The van der Waals surface area contributed by atoms with Crippen molar-refractivity contribution < 1.29 is 9.53 Å². The molecular weight excluding hydrogens is 286 g/mol. The molecule has 1 N–H and O–H groups in total. The van der Waals surface area contributed by atoms with Gasteiger partial charge in [-0.25, -0.2) is 4.79 Å². The van der Waals surface area contributed by atoms with Crippen molar-refractivity contribution in [2.75, 3.05) is 13.7 Å². The molecule has 1 aliphatic rings. The van der Waals surface area contributed by atoms with Crippen molar-refractivity contribution in [2.45, 2.75) is 32.2 Å². The van der Waals surface area contributed by atoms with Gasteiger partial charge in [-0.2, -0.15) is 0 Å². The Morgan fingerprint density at radius 3 is 2.65 bits per heavy atom. The largest absolute Gasteiger partial charge is 0.465 e. The molecule has 0 heterocycles. The number of ether oxygens (including phenoxy) is 1. The van der Waals surface area contributed by atoms with E-state index in [0.717, 1.165) is 12.1 Å². The lowest BCUT2D eigenvalue weighted by Crippen LogP contribution is -2.21. The molecule has 23 heavy (non-hydrogen) atoms. The summed E-state index contributed by atoms with van der Waals surface area (Å²) < 4.78 is 4.85. The second-order valence-electron chi connectivity index (χ2n) is 5.98. The van der Waals surface area contributed by atoms with Gasteiger partial charge in [0, 0.05) is 0 Å². The minimum atomic E-state index is -0.287. The Hall–Kier alpha value is -2.13. The number of methoxy groups -OCH3 is 1. The van der Waals surface area contributed by atoms with Crippen molar-refractivity contribution in [2.24, 2.45) is 0 Å². The normalized spacial score (nSPS) is 15.1. The topological polar surface area (TPSA) is 38.3 Å². The predicted octanol–water partition coefficient (Wildman–Crippen LogP) is 4.32. The van der Waals surface area contributed by atoms with Crippen molar-refractivity contribution in [1.82, 2.24) is 5.32 Å². The van der Waals surface area contributed by atoms with Crippen molar-refractivity contribution >= 4 is 5.97 Å². The van der Waals surface area contributed by atoms with E-state index < -0.39 is 0 Å². The maximum absolute atomic E-state index is 11.8. The van der Waals surface area contributed by atoms with Crippen LogP contribution in [0.4, 0.5) is 0 Å². The van der Waals surface area contributed by atoms with Gasteiger partial charge in [0.1, 0.15) is 0 Å². The van der Waals surface area contributed by atoms with Gasteiger partial charge in [0.2, 0.25) is 0 Å². The van der Waals surface area contributed by atoms with E-state index in [9.17, 15) is 4.79 Å². The molecule has 0 radical (unpaired) electrons. The van der Waals surface area contributed by atoms with E-state index in [1.54, 1.807) is 0 Å². The van der Waals surface area contributed by atoms with Gasteiger partial charge in [0.25, 0.3) is 0 Å². The van der Waals surface area contributed by atoms with Crippen molar-refractivity contribution in [3.8, 4) is 11.1 Å². The number of rotatable bonds is 6. The molecule has 0 aromatic heterocycles. The average molecular weight is 309 g/mol. The van der Waals surface area contributed by atoms with Crippen LogP contribution in [-0.2, 0) is 4.74 Å². The van der Waals surface area contributed by atoms with E-state index in [2.05, 4.69) is 36.5 Å². The van der Waals surface area contributed by atoms with Gasteiger partial charge in [-0.1, -0.05) is 50.1 Å². The Labute approximate surface area is 137 Å². The molecule has 0 saturated heterocycles. The fourth-order valence-corrected chi connectivity index (χ4v) is 3.29. The first-order valence-electron chi connectivity index (χ1n) is 8.31. The van der Waals surface area contributed by atoms with Gasteiger partial charge in [0.05, 0.1) is 18.7 Å². The Balaban J connectivity index is 1.94.